The number of hydrogen-bond acceptors (Lipinski definition) is 5. The SMILES string of the molecule is CCCC[C@H](Nc1ccc(C(=O)OCC)cn1)C(=O)O. The smallest absolute Gasteiger partial charge is 0.339 e. The largest absolute Gasteiger partial charge is 0.480 e. The zero-order chi connectivity index (χ0) is 15.0. The van der Waals surface area contributed by atoms with Crippen molar-refractivity contribution in [2.75, 3.05) is 11.9 Å². The Balaban J connectivity index is 2.67. The molecule has 0 saturated carbocycles. The Morgan fingerprint density at radius 2 is 2.15 bits per heavy atom. The summed E-state index contributed by atoms with van der Waals surface area (Å²) in [5, 5.41) is 12.0. The molecule has 6 heteroatoms. The number of aliphatic carboxylic acids is 1. The van der Waals surface area contributed by atoms with Crippen molar-refractivity contribution in [1.82, 2.24) is 4.98 Å². The third kappa shape index (κ3) is 4.87. The van der Waals surface area contributed by atoms with Crippen LogP contribution in [0.3, 0.4) is 0 Å². The van der Waals surface area contributed by atoms with E-state index in [-0.39, 0.29) is 0 Å². The molecule has 1 rings (SSSR count). The van der Waals surface area contributed by atoms with E-state index >= 15 is 0 Å². The summed E-state index contributed by atoms with van der Waals surface area (Å²) in [4.78, 5) is 26.6. The highest BCUT2D eigenvalue weighted by molar-refractivity contribution is 5.89. The van der Waals surface area contributed by atoms with Gasteiger partial charge in [0.15, 0.2) is 0 Å². The Morgan fingerprint density at radius 3 is 2.65 bits per heavy atom. The van der Waals surface area contributed by atoms with Crippen LogP contribution in [0.15, 0.2) is 18.3 Å². The second-order valence-corrected chi connectivity index (χ2v) is 4.33. The van der Waals surface area contributed by atoms with E-state index in [1.165, 1.54) is 6.20 Å². The third-order valence-corrected chi connectivity index (χ3v) is 2.74. The molecule has 0 spiro atoms. The van der Waals surface area contributed by atoms with Crippen molar-refractivity contribution in [2.24, 2.45) is 0 Å². The monoisotopic (exact) mass is 280 g/mol. The van der Waals surface area contributed by atoms with Crippen LogP contribution in [0.2, 0.25) is 0 Å². The quantitative estimate of drug-likeness (QED) is 0.710. The first-order chi connectivity index (χ1) is 9.58. The van der Waals surface area contributed by atoms with Gasteiger partial charge in [-0.2, -0.15) is 0 Å². The summed E-state index contributed by atoms with van der Waals surface area (Å²) < 4.78 is 4.85. The average Bonchev–Trinajstić information content (AvgIpc) is 2.44. The van der Waals surface area contributed by atoms with Crippen LogP contribution < -0.4 is 5.32 Å². The van der Waals surface area contributed by atoms with Gasteiger partial charge in [0.25, 0.3) is 0 Å². The van der Waals surface area contributed by atoms with Crippen LogP contribution in [0.25, 0.3) is 0 Å². The molecule has 1 aromatic rings. The van der Waals surface area contributed by atoms with Crippen molar-refractivity contribution in [3.05, 3.63) is 23.9 Å². The molecular formula is C14H20N2O4. The lowest BCUT2D eigenvalue weighted by atomic mass is 10.1. The van der Waals surface area contributed by atoms with Crippen LogP contribution >= 0.6 is 0 Å². The van der Waals surface area contributed by atoms with Crippen LogP contribution in [0.1, 0.15) is 43.5 Å². The molecule has 1 heterocycles. The second-order valence-electron chi connectivity index (χ2n) is 4.33. The maximum atomic E-state index is 11.5. The first-order valence-corrected chi connectivity index (χ1v) is 6.71. The van der Waals surface area contributed by atoms with E-state index in [9.17, 15) is 9.59 Å². The molecule has 1 aromatic heterocycles. The van der Waals surface area contributed by atoms with Crippen LogP contribution in [-0.2, 0) is 9.53 Å². The molecule has 0 aliphatic rings. The minimum atomic E-state index is -0.908. The number of nitrogens with one attached hydrogen (secondary N) is 1. The van der Waals surface area contributed by atoms with E-state index < -0.39 is 18.0 Å². The first kappa shape index (κ1) is 15.9. The molecule has 110 valence electrons. The van der Waals surface area contributed by atoms with Crippen molar-refractivity contribution in [2.45, 2.75) is 39.2 Å². The number of ether oxygens (including phenoxy) is 1. The molecule has 0 fully saturated rings. The van der Waals surface area contributed by atoms with Gasteiger partial charge >= 0.3 is 11.9 Å². The molecule has 0 aliphatic carbocycles. The number of carbonyl (C=O) groups is 2. The molecule has 0 unspecified atom stereocenters. The number of nitrogens with zero attached hydrogens (tertiary/aromatic N) is 1. The topological polar surface area (TPSA) is 88.5 Å². The van der Waals surface area contributed by atoms with Gasteiger partial charge in [-0.15, -0.1) is 0 Å². The molecule has 0 aromatic carbocycles. The van der Waals surface area contributed by atoms with Gasteiger partial charge in [-0.05, 0) is 25.5 Å². The maximum absolute atomic E-state index is 11.5. The number of carboxylic acid groups (broad SMARTS) is 1. The lowest BCUT2D eigenvalue weighted by Gasteiger charge is -2.14. The van der Waals surface area contributed by atoms with Gasteiger partial charge in [0.1, 0.15) is 11.9 Å². The third-order valence-electron chi connectivity index (χ3n) is 2.74. The summed E-state index contributed by atoms with van der Waals surface area (Å²) in [6.07, 6.45) is 3.66. The normalized spacial score (nSPS) is 11.7. The summed E-state index contributed by atoms with van der Waals surface area (Å²) in [5.74, 6) is -0.913. The Labute approximate surface area is 118 Å². The second kappa shape index (κ2) is 8.14. The van der Waals surface area contributed by atoms with E-state index in [1.54, 1.807) is 19.1 Å². The Bertz CT molecular complexity index is 445. The number of carbonyl (C=O) groups excluding carboxylic acids is 1. The first-order valence-electron chi connectivity index (χ1n) is 6.71. The summed E-state index contributed by atoms with van der Waals surface area (Å²) in [7, 11) is 0. The van der Waals surface area contributed by atoms with E-state index in [0.717, 1.165) is 12.8 Å². The summed E-state index contributed by atoms with van der Waals surface area (Å²) in [6, 6.07) is 2.47. The van der Waals surface area contributed by atoms with E-state index in [4.69, 9.17) is 9.84 Å². The molecule has 20 heavy (non-hydrogen) atoms. The molecule has 0 saturated heterocycles. The summed E-state index contributed by atoms with van der Waals surface area (Å²) in [6.45, 7) is 4.04. The lowest BCUT2D eigenvalue weighted by molar-refractivity contribution is -0.138. The lowest BCUT2D eigenvalue weighted by Crippen LogP contribution is -2.29. The maximum Gasteiger partial charge on any atom is 0.339 e. The van der Waals surface area contributed by atoms with E-state index in [2.05, 4.69) is 10.3 Å². The number of pyridine rings is 1. The predicted octanol–water partition coefficient (Wildman–Crippen LogP) is 2.31. The Hall–Kier alpha value is -2.11. The summed E-state index contributed by atoms with van der Waals surface area (Å²) in [5.41, 5.74) is 0.345. The van der Waals surface area contributed by atoms with Gasteiger partial charge in [0, 0.05) is 6.20 Å². The van der Waals surface area contributed by atoms with Gasteiger partial charge < -0.3 is 15.2 Å². The molecule has 0 amide bonds. The van der Waals surface area contributed by atoms with Gasteiger partial charge in [0.05, 0.1) is 12.2 Å². The Morgan fingerprint density at radius 1 is 1.40 bits per heavy atom. The number of rotatable bonds is 8. The van der Waals surface area contributed by atoms with Crippen LogP contribution in [-0.4, -0.2) is 34.7 Å². The molecule has 2 N–H and O–H groups in total. The van der Waals surface area contributed by atoms with Gasteiger partial charge in [-0.1, -0.05) is 19.8 Å². The fourth-order valence-electron chi connectivity index (χ4n) is 1.66. The van der Waals surface area contributed by atoms with E-state index in [0.29, 0.717) is 24.4 Å². The number of hydrogen-bond donors (Lipinski definition) is 2. The molecule has 1 atom stereocenters. The van der Waals surface area contributed by atoms with Crippen LogP contribution in [0, 0.1) is 0 Å². The average molecular weight is 280 g/mol. The Kier molecular flexibility index (Phi) is 6.49. The van der Waals surface area contributed by atoms with Crippen LogP contribution in [0.5, 0.6) is 0 Å². The van der Waals surface area contributed by atoms with Crippen molar-refractivity contribution in [1.29, 1.82) is 0 Å². The molecular weight excluding hydrogens is 260 g/mol. The molecule has 0 bridgehead atoms. The molecule has 6 nitrogen and oxygen atoms in total. The predicted molar refractivity (Wildman–Crippen MR) is 74.8 cm³/mol. The minimum absolute atomic E-state index is 0.303. The van der Waals surface area contributed by atoms with Crippen molar-refractivity contribution < 1.29 is 19.4 Å². The number of anilines is 1. The summed E-state index contributed by atoms with van der Waals surface area (Å²) >= 11 is 0. The standard InChI is InChI=1S/C14H20N2O4/c1-3-5-6-11(13(17)18)16-12-8-7-10(9-15-12)14(19)20-4-2/h7-9,11H,3-6H2,1-2H3,(H,15,16)(H,17,18)/t11-/m0/s1. The molecule has 0 radical (unpaired) electrons. The van der Waals surface area contributed by atoms with Gasteiger partial charge in [0.2, 0.25) is 0 Å². The van der Waals surface area contributed by atoms with Crippen LogP contribution in [0.4, 0.5) is 5.82 Å². The highest BCUT2D eigenvalue weighted by Gasteiger charge is 2.17. The van der Waals surface area contributed by atoms with Crippen molar-refractivity contribution in [3.63, 3.8) is 0 Å². The molecule has 0 aliphatic heterocycles. The number of esters is 1. The fourth-order valence-corrected chi connectivity index (χ4v) is 1.66. The van der Waals surface area contributed by atoms with Crippen molar-refractivity contribution >= 4 is 17.8 Å². The van der Waals surface area contributed by atoms with Crippen molar-refractivity contribution in [3.8, 4) is 0 Å². The highest BCUT2D eigenvalue weighted by atomic mass is 16.5. The highest BCUT2D eigenvalue weighted by Crippen LogP contribution is 2.11. The van der Waals surface area contributed by atoms with Gasteiger partial charge in [-0.25, -0.2) is 14.6 Å². The number of carboxylic acids is 1. The fraction of sp³-hybridized carbons (Fsp3) is 0.500. The van der Waals surface area contributed by atoms with E-state index in [1.807, 2.05) is 6.92 Å². The number of aromatic nitrogens is 1. The van der Waals surface area contributed by atoms with Gasteiger partial charge in [-0.3, -0.25) is 0 Å². The zero-order valence-corrected chi connectivity index (χ0v) is 11.8. The minimum Gasteiger partial charge on any atom is -0.480 e. The number of unbranched alkanes of at least 4 members (excludes halogenated alkanes) is 1. The zero-order valence-electron chi connectivity index (χ0n) is 11.8.